The van der Waals surface area contributed by atoms with E-state index in [0.29, 0.717) is 38.1 Å². The minimum absolute atomic E-state index is 0.0339. The van der Waals surface area contributed by atoms with E-state index in [-0.39, 0.29) is 24.0 Å². The van der Waals surface area contributed by atoms with Gasteiger partial charge in [0, 0.05) is 31.6 Å². The second-order valence-corrected chi connectivity index (χ2v) is 7.77. The minimum atomic E-state index is -0.892. The number of nitriles is 1. The topological polar surface area (TPSA) is 109 Å². The van der Waals surface area contributed by atoms with Crippen molar-refractivity contribution in [2.45, 2.75) is 64.7 Å². The predicted molar refractivity (Wildman–Crippen MR) is 97.6 cm³/mol. The number of aryl methyl sites for hydroxylation is 1. The third-order valence-electron chi connectivity index (χ3n) is 5.35. The molecule has 3 rings (SSSR count). The molecule has 1 aliphatic carbocycles. The van der Waals surface area contributed by atoms with E-state index in [4.69, 9.17) is 4.74 Å². The van der Waals surface area contributed by atoms with E-state index >= 15 is 0 Å². The van der Waals surface area contributed by atoms with E-state index in [1.54, 1.807) is 11.7 Å². The molecule has 146 valence electrons. The molecule has 8 nitrogen and oxygen atoms in total. The SMILES string of the molecule is CC(C)NC(=O)c1c2c(nn1C)COC(CNC(=O)C1(C#N)CCCC1)C2. The third kappa shape index (κ3) is 3.83. The Bertz CT molecular complexity index is 771. The molecule has 0 saturated heterocycles. The normalized spacial score (nSPS) is 20.8. The molecule has 1 unspecified atom stereocenters. The van der Waals surface area contributed by atoms with Crippen LogP contribution in [0.1, 0.15) is 61.3 Å². The molecule has 1 aromatic rings. The van der Waals surface area contributed by atoms with Gasteiger partial charge in [-0.2, -0.15) is 10.4 Å². The second-order valence-electron chi connectivity index (χ2n) is 7.77. The molecule has 0 spiro atoms. The molecule has 1 aromatic heterocycles. The van der Waals surface area contributed by atoms with Crippen molar-refractivity contribution in [3.05, 3.63) is 17.0 Å². The molecule has 2 N–H and O–H groups in total. The van der Waals surface area contributed by atoms with E-state index < -0.39 is 5.41 Å². The molecule has 1 fully saturated rings. The van der Waals surface area contributed by atoms with Gasteiger partial charge in [-0.1, -0.05) is 12.8 Å². The zero-order chi connectivity index (χ0) is 19.6. The van der Waals surface area contributed by atoms with Crippen molar-refractivity contribution < 1.29 is 14.3 Å². The van der Waals surface area contributed by atoms with E-state index in [1.807, 2.05) is 13.8 Å². The van der Waals surface area contributed by atoms with Crippen molar-refractivity contribution in [2.75, 3.05) is 6.54 Å². The van der Waals surface area contributed by atoms with Gasteiger partial charge >= 0.3 is 0 Å². The first kappa shape index (κ1) is 19.4. The zero-order valence-corrected chi connectivity index (χ0v) is 16.2. The highest BCUT2D eigenvalue weighted by atomic mass is 16.5. The number of nitrogens with zero attached hydrogens (tertiary/aromatic N) is 3. The Morgan fingerprint density at radius 2 is 2.11 bits per heavy atom. The summed E-state index contributed by atoms with van der Waals surface area (Å²) in [5.74, 6) is -0.360. The molecule has 0 bridgehead atoms. The molecule has 0 aromatic carbocycles. The first-order chi connectivity index (χ1) is 12.9. The van der Waals surface area contributed by atoms with Crippen LogP contribution in [-0.2, 0) is 29.6 Å². The number of carbonyl (C=O) groups excluding carboxylic acids is 2. The van der Waals surface area contributed by atoms with Gasteiger partial charge in [-0.05, 0) is 26.7 Å². The fraction of sp³-hybridized carbons (Fsp3) is 0.684. The van der Waals surface area contributed by atoms with Crippen molar-refractivity contribution in [1.29, 1.82) is 5.26 Å². The van der Waals surface area contributed by atoms with Crippen LogP contribution in [0.4, 0.5) is 0 Å². The molecule has 0 radical (unpaired) electrons. The Morgan fingerprint density at radius 3 is 2.74 bits per heavy atom. The number of carbonyl (C=O) groups is 2. The Hall–Kier alpha value is -2.40. The molecule has 2 aliphatic rings. The lowest BCUT2D eigenvalue weighted by atomic mass is 9.87. The summed E-state index contributed by atoms with van der Waals surface area (Å²) in [7, 11) is 1.75. The summed E-state index contributed by atoms with van der Waals surface area (Å²) < 4.78 is 7.40. The van der Waals surface area contributed by atoms with Crippen LogP contribution in [-0.4, -0.2) is 40.3 Å². The predicted octanol–water partition coefficient (Wildman–Crippen LogP) is 1.20. The lowest BCUT2D eigenvalue weighted by Gasteiger charge is -2.25. The van der Waals surface area contributed by atoms with Crippen LogP contribution in [0.5, 0.6) is 0 Å². The Labute approximate surface area is 159 Å². The van der Waals surface area contributed by atoms with Gasteiger partial charge in [-0.25, -0.2) is 0 Å². The maximum Gasteiger partial charge on any atom is 0.270 e. The zero-order valence-electron chi connectivity index (χ0n) is 16.2. The van der Waals surface area contributed by atoms with Gasteiger partial charge < -0.3 is 15.4 Å². The third-order valence-corrected chi connectivity index (χ3v) is 5.35. The lowest BCUT2D eigenvalue weighted by Crippen LogP contribution is -2.43. The van der Waals surface area contributed by atoms with Gasteiger partial charge in [-0.15, -0.1) is 0 Å². The average Bonchev–Trinajstić information content (AvgIpc) is 3.23. The summed E-state index contributed by atoms with van der Waals surface area (Å²) in [6, 6.07) is 2.24. The fourth-order valence-electron chi connectivity index (χ4n) is 3.93. The number of nitrogens with one attached hydrogen (secondary N) is 2. The van der Waals surface area contributed by atoms with Crippen LogP contribution in [0.15, 0.2) is 0 Å². The average molecular weight is 373 g/mol. The number of aromatic nitrogens is 2. The van der Waals surface area contributed by atoms with Crippen LogP contribution in [0.2, 0.25) is 0 Å². The second kappa shape index (κ2) is 7.69. The molecule has 1 saturated carbocycles. The number of amides is 2. The number of fused-ring (bicyclic) bond motifs is 1. The smallest absolute Gasteiger partial charge is 0.270 e. The van der Waals surface area contributed by atoms with Gasteiger partial charge in [0.25, 0.3) is 5.91 Å². The fourth-order valence-corrected chi connectivity index (χ4v) is 3.93. The van der Waals surface area contributed by atoms with E-state index in [2.05, 4.69) is 21.8 Å². The van der Waals surface area contributed by atoms with Crippen LogP contribution in [0.25, 0.3) is 0 Å². The molecule has 2 heterocycles. The molecule has 1 atom stereocenters. The highest BCUT2D eigenvalue weighted by Gasteiger charge is 2.41. The lowest BCUT2D eigenvalue weighted by molar-refractivity contribution is -0.128. The highest BCUT2D eigenvalue weighted by molar-refractivity contribution is 5.94. The van der Waals surface area contributed by atoms with E-state index in [9.17, 15) is 14.9 Å². The molecule has 27 heavy (non-hydrogen) atoms. The summed E-state index contributed by atoms with van der Waals surface area (Å²) in [4.78, 5) is 25.0. The molecule has 8 heteroatoms. The number of ether oxygens (including phenoxy) is 1. The molecular formula is C19H27N5O3. The summed E-state index contributed by atoms with van der Waals surface area (Å²) in [6.07, 6.45) is 3.32. The van der Waals surface area contributed by atoms with Crippen molar-refractivity contribution in [3.63, 3.8) is 0 Å². The maximum absolute atomic E-state index is 12.5. The monoisotopic (exact) mass is 373 g/mol. The number of hydrogen-bond acceptors (Lipinski definition) is 5. The standard InChI is InChI=1S/C19H27N5O3/c1-12(2)22-17(25)16-14-8-13(27-10-15(14)23-24(16)3)9-21-18(26)19(11-20)6-4-5-7-19/h12-13H,4-10H2,1-3H3,(H,21,26)(H,22,25). The summed E-state index contributed by atoms with van der Waals surface area (Å²) >= 11 is 0. The summed E-state index contributed by atoms with van der Waals surface area (Å²) in [6.45, 7) is 4.45. The van der Waals surface area contributed by atoms with Crippen molar-refractivity contribution in [2.24, 2.45) is 12.5 Å². The van der Waals surface area contributed by atoms with E-state index in [0.717, 1.165) is 24.1 Å². The molecule has 1 aliphatic heterocycles. The van der Waals surface area contributed by atoms with Crippen molar-refractivity contribution in [3.8, 4) is 6.07 Å². The first-order valence-electron chi connectivity index (χ1n) is 9.53. The quantitative estimate of drug-likeness (QED) is 0.806. The van der Waals surface area contributed by atoms with Crippen molar-refractivity contribution >= 4 is 11.8 Å². The number of hydrogen-bond donors (Lipinski definition) is 2. The van der Waals surface area contributed by atoms with Crippen LogP contribution >= 0.6 is 0 Å². The first-order valence-corrected chi connectivity index (χ1v) is 9.53. The molecular weight excluding hydrogens is 346 g/mol. The van der Waals surface area contributed by atoms with Crippen LogP contribution < -0.4 is 10.6 Å². The van der Waals surface area contributed by atoms with E-state index in [1.165, 1.54) is 0 Å². The maximum atomic E-state index is 12.5. The summed E-state index contributed by atoms with van der Waals surface area (Å²) in [5.41, 5.74) is 1.29. The van der Waals surface area contributed by atoms with Gasteiger partial charge in [0.15, 0.2) is 0 Å². The van der Waals surface area contributed by atoms with Gasteiger partial charge in [0.1, 0.15) is 11.1 Å². The van der Waals surface area contributed by atoms with Gasteiger partial charge in [0.2, 0.25) is 5.91 Å². The highest BCUT2D eigenvalue weighted by Crippen LogP contribution is 2.37. The van der Waals surface area contributed by atoms with Crippen molar-refractivity contribution in [1.82, 2.24) is 20.4 Å². The number of rotatable bonds is 5. The van der Waals surface area contributed by atoms with Crippen LogP contribution in [0.3, 0.4) is 0 Å². The Balaban J connectivity index is 1.67. The largest absolute Gasteiger partial charge is 0.370 e. The molecule has 2 amide bonds. The van der Waals surface area contributed by atoms with Gasteiger partial charge in [-0.3, -0.25) is 14.3 Å². The van der Waals surface area contributed by atoms with Gasteiger partial charge in [0.05, 0.1) is 24.5 Å². The Kier molecular flexibility index (Phi) is 5.51. The summed E-state index contributed by atoms with van der Waals surface area (Å²) in [5, 5.41) is 19.6. The Morgan fingerprint density at radius 1 is 1.41 bits per heavy atom. The minimum Gasteiger partial charge on any atom is -0.370 e. The van der Waals surface area contributed by atoms with Crippen LogP contribution in [0, 0.1) is 16.7 Å².